The molecule has 0 aromatic carbocycles. The van der Waals surface area contributed by atoms with E-state index in [0.717, 1.165) is 18.5 Å². The topological polar surface area (TPSA) is 66.4 Å². The minimum absolute atomic E-state index is 0.0393. The predicted molar refractivity (Wildman–Crippen MR) is 93.6 cm³/mol. The highest BCUT2D eigenvalue weighted by atomic mass is 16.2. The molecule has 1 fully saturated rings. The van der Waals surface area contributed by atoms with E-state index < -0.39 is 6.04 Å². The normalized spacial score (nSPS) is 17.2. The molecule has 130 valence electrons. The molecule has 25 heavy (non-hydrogen) atoms. The van der Waals surface area contributed by atoms with Gasteiger partial charge in [-0.1, -0.05) is 6.07 Å². The van der Waals surface area contributed by atoms with Crippen LogP contribution in [0.25, 0.3) is 0 Å². The molecule has 3 rings (SSSR count). The molecule has 0 N–H and O–H groups in total. The van der Waals surface area contributed by atoms with Gasteiger partial charge in [0.15, 0.2) is 0 Å². The zero-order valence-electron chi connectivity index (χ0n) is 14.3. The van der Waals surface area contributed by atoms with E-state index in [0.29, 0.717) is 25.1 Å². The molecule has 2 amide bonds. The first-order valence-electron chi connectivity index (χ1n) is 8.52. The molecular weight excluding hydrogens is 316 g/mol. The highest BCUT2D eigenvalue weighted by Crippen LogP contribution is 2.21. The Balaban J connectivity index is 1.73. The molecule has 0 unspecified atom stereocenters. The third-order valence-corrected chi connectivity index (χ3v) is 4.46. The van der Waals surface area contributed by atoms with Gasteiger partial charge in [0.25, 0.3) is 5.91 Å². The average Bonchev–Trinajstić information content (AvgIpc) is 2.68. The Morgan fingerprint density at radius 2 is 2.08 bits per heavy atom. The van der Waals surface area contributed by atoms with E-state index in [4.69, 9.17) is 0 Å². The predicted octanol–water partition coefficient (Wildman–Crippen LogP) is 2.13. The summed E-state index contributed by atoms with van der Waals surface area (Å²) in [6.07, 6.45) is 7.46. The molecule has 1 saturated heterocycles. The first-order chi connectivity index (χ1) is 12.2. The molecule has 1 aliphatic heterocycles. The van der Waals surface area contributed by atoms with Crippen LogP contribution in [0, 0.1) is 0 Å². The number of nitrogens with zero attached hydrogens (tertiary/aromatic N) is 4. The first kappa shape index (κ1) is 17.1. The van der Waals surface area contributed by atoms with E-state index in [2.05, 4.69) is 9.97 Å². The molecule has 2 aromatic heterocycles. The van der Waals surface area contributed by atoms with E-state index in [-0.39, 0.29) is 11.8 Å². The van der Waals surface area contributed by atoms with Gasteiger partial charge in [-0.3, -0.25) is 19.6 Å². The number of amides is 2. The summed E-state index contributed by atoms with van der Waals surface area (Å²) < 4.78 is 0. The van der Waals surface area contributed by atoms with Crippen LogP contribution in [0.15, 0.2) is 48.9 Å². The minimum Gasteiger partial charge on any atom is -0.338 e. The van der Waals surface area contributed by atoms with Gasteiger partial charge in [-0.2, -0.15) is 0 Å². The van der Waals surface area contributed by atoms with Crippen molar-refractivity contribution in [3.8, 4) is 0 Å². The second-order valence-corrected chi connectivity index (χ2v) is 6.27. The van der Waals surface area contributed by atoms with Gasteiger partial charge in [-0.05, 0) is 43.5 Å². The molecule has 0 bridgehead atoms. The number of piperidine rings is 1. The monoisotopic (exact) mass is 338 g/mol. The van der Waals surface area contributed by atoms with Crippen LogP contribution < -0.4 is 0 Å². The molecule has 0 aliphatic carbocycles. The highest BCUT2D eigenvalue weighted by molar-refractivity contribution is 5.97. The fraction of sp³-hybridized carbons (Fsp3) is 0.368. The van der Waals surface area contributed by atoms with Crippen LogP contribution in [0.4, 0.5) is 0 Å². The molecule has 1 aliphatic rings. The van der Waals surface area contributed by atoms with Crippen LogP contribution in [-0.2, 0) is 11.3 Å². The van der Waals surface area contributed by atoms with Gasteiger partial charge < -0.3 is 9.80 Å². The molecule has 6 nitrogen and oxygen atoms in total. The van der Waals surface area contributed by atoms with Crippen LogP contribution in [0.3, 0.4) is 0 Å². The zero-order valence-corrected chi connectivity index (χ0v) is 14.3. The van der Waals surface area contributed by atoms with Crippen molar-refractivity contribution in [2.75, 3.05) is 13.6 Å². The van der Waals surface area contributed by atoms with Crippen LogP contribution >= 0.6 is 0 Å². The smallest absolute Gasteiger partial charge is 0.256 e. The van der Waals surface area contributed by atoms with E-state index in [1.54, 1.807) is 47.6 Å². The van der Waals surface area contributed by atoms with Crippen molar-refractivity contribution in [2.45, 2.75) is 31.8 Å². The Morgan fingerprint density at radius 1 is 1.20 bits per heavy atom. The standard InChI is InChI=1S/C19H22N4O2/c1-22(14-16-8-2-4-11-21-16)19(25)17-9-3-5-12-23(17)18(24)15-7-6-10-20-13-15/h2,4,6-8,10-11,13,17H,3,5,9,12,14H2,1H3/t17-/m1/s1. The van der Waals surface area contributed by atoms with Gasteiger partial charge >= 0.3 is 0 Å². The summed E-state index contributed by atoms with van der Waals surface area (Å²) in [6, 6.07) is 8.70. The summed E-state index contributed by atoms with van der Waals surface area (Å²) in [5, 5.41) is 0. The molecule has 6 heteroatoms. The zero-order chi connectivity index (χ0) is 17.6. The summed E-state index contributed by atoms with van der Waals surface area (Å²) in [5.41, 5.74) is 1.36. The molecule has 2 aromatic rings. The van der Waals surface area contributed by atoms with E-state index in [9.17, 15) is 9.59 Å². The molecule has 0 spiro atoms. The quantitative estimate of drug-likeness (QED) is 0.856. The third kappa shape index (κ3) is 4.02. The number of pyridine rings is 2. The number of carbonyl (C=O) groups is 2. The van der Waals surface area contributed by atoms with Crippen LogP contribution in [0.1, 0.15) is 35.3 Å². The first-order valence-corrected chi connectivity index (χ1v) is 8.52. The number of carbonyl (C=O) groups excluding carboxylic acids is 2. The molecule has 0 radical (unpaired) electrons. The van der Waals surface area contributed by atoms with Gasteiger partial charge in [-0.25, -0.2) is 0 Å². The fourth-order valence-corrected chi connectivity index (χ4v) is 3.15. The summed E-state index contributed by atoms with van der Waals surface area (Å²) >= 11 is 0. The third-order valence-electron chi connectivity index (χ3n) is 4.46. The maximum atomic E-state index is 12.9. The summed E-state index contributed by atoms with van der Waals surface area (Å²) in [4.78, 5) is 37.4. The molecule has 3 heterocycles. The van der Waals surface area contributed by atoms with Crippen molar-refractivity contribution >= 4 is 11.8 Å². The second kappa shape index (κ2) is 7.88. The van der Waals surface area contributed by atoms with Crippen LogP contribution in [0.5, 0.6) is 0 Å². The molecular formula is C19H22N4O2. The van der Waals surface area contributed by atoms with E-state index >= 15 is 0 Å². The largest absolute Gasteiger partial charge is 0.338 e. The van der Waals surface area contributed by atoms with Crippen LogP contribution in [0.2, 0.25) is 0 Å². The Kier molecular flexibility index (Phi) is 5.38. The van der Waals surface area contributed by atoms with Crippen molar-refractivity contribution < 1.29 is 9.59 Å². The summed E-state index contributed by atoms with van der Waals surface area (Å²) in [6.45, 7) is 1.03. The number of hydrogen-bond acceptors (Lipinski definition) is 4. The Morgan fingerprint density at radius 3 is 2.80 bits per heavy atom. The Hall–Kier alpha value is -2.76. The van der Waals surface area contributed by atoms with Gasteiger partial charge in [0.2, 0.25) is 5.91 Å². The van der Waals surface area contributed by atoms with Crippen molar-refractivity contribution in [1.29, 1.82) is 0 Å². The number of hydrogen-bond donors (Lipinski definition) is 0. The number of likely N-dealkylation sites (N-methyl/N-ethyl adjacent to an activating group) is 1. The lowest BCUT2D eigenvalue weighted by Gasteiger charge is -2.36. The minimum atomic E-state index is -0.421. The number of aromatic nitrogens is 2. The lowest BCUT2D eigenvalue weighted by molar-refractivity contribution is -0.136. The lowest BCUT2D eigenvalue weighted by Crippen LogP contribution is -2.52. The summed E-state index contributed by atoms with van der Waals surface area (Å²) in [7, 11) is 1.76. The van der Waals surface area contributed by atoms with Crippen molar-refractivity contribution in [2.24, 2.45) is 0 Å². The summed E-state index contributed by atoms with van der Waals surface area (Å²) in [5.74, 6) is -0.167. The SMILES string of the molecule is CN(Cc1ccccn1)C(=O)[C@H]1CCCCN1C(=O)c1cccnc1. The fourth-order valence-electron chi connectivity index (χ4n) is 3.15. The van der Waals surface area contributed by atoms with Gasteiger partial charge in [-0.15, -0.1) is 0 Å². The van der Waals surface area contributed by atoms with Crippen LogP contribution in [-0.4, -0.2) is 51.2 Å². The van der Waals surface area contributed by atoms with Crippen molar-refractivity contribution in [1.82, 2.24) is 19.8 Å². The van der Waals surface area contributed by atoms with Crippen molar-refractivity contribution in [3.63, 3.8) is 0 Å². The second-order valence-electron chi connectivity index (χ2n) is 6.27. The Labute approximate surface area is 147 Å². The molecule has 0 saturated carbocycles. The Bertz CT molecular complexity index is 721. The lowest BCUT2D eigenvalue weighted by atomic mass is 9.99. The van der Waals surface area contributed by atoms with Crippen molar-refractivity contribution in [3.05, 3.63) is 60.2 Å². The van der Waals surface area contributed by atoms with E-state index in [1.807, 2.05) is 18.2 Å². The highest BCUT2D eigenvalue weighted by Gasteiger charge is 2.34. The van der Waals surface area contributed by atoms with E-state index in [1.165, 1.54) is 0 Å². The maximum Gasteiger partial charge on any atom is 0.256 e. The van der Waals surface area contributed by atoms with Gasteiger partial charge in [0.05, 0.1) is 17.8 Å². The molecule has 1 atom stereocenters. The number of likely N-dealkylation sites (tertiary alicyclic amines) is 1. The number of rotatable bonds is 4. The van der Waals surface area contributed by atoms with Gasteiger partial charge in [0, 0.05) is 32.2 Å². The average molecular weight is 338 g/mol. The maximum absolute atomic E-state index is 12.9. The van der Waals surface area contributed by atoms with Gasteiger partial charge in [0.1, 0.15) is 6.04 Å².